The molecule has 0 N–H and O–H groups in total. The predicted octanol–water partition coefficient (Wildman–Crippen LogP) is 5.26. The average Bonchev–Trinajstić information content (AvgIpc) is 2.58. The van der Waals surface area contributed by atoms with E-state index in [0.717, 1.165) is 32.0 Å². The highest BCUT2D eigenvalue weighted by atomic mass is 79.9. The van der Waals surface area contributed by atoms with Gasteiger partial charge in [-0.15, -0.1) is 11.6 Å². The van der Waals surface area contributed by atoms with E-state index in [1.165, 1.54) is 0 Å². The van der Waals surface area contributed by atoms with Gasteiger partial charge in [0.2, 0.25) is 0 Å². The van der Waals surface area contributed by atoms with Gasteiger partial charge in [-0.25, -0.2) is 0 Å². The zero-order chi connectivity index (χ0) is 14.2. The SMILES string of the molecule is Cc1nn(Cc2ccc(Br)cc2Cl)c(C)c1C(C)Cl. The van der Waals surface area contributed by atoms with Crippen LogP contribution < -0.4 is 0 Å². The van der Waals surface area contributed by atoms with E-state index in [1.807, 2.05) is 43.7 Å². The Morgan fingerprint density at radius 3 is 2.58 bits per heavy atom. The van der Waals surface area contributed by atoms with Gasteiger partial charge < -0.3 is 0 Å². The van der Waals surface area contributed by atoms with Crippen molar-refractivity contribution in [2.45, 2.75) is 32.7 Å². The highest BCUT2D eigenvalue weighted by Crippen LogP contribution is 2.28. The molecule has 2 rings (SSSR count). The Morgan fingerprint density at radius 1 is 1.37 bits per heavy atom. The van der Waals surface area contributed by atoms with E-state index in [-0.39, 0.29) is 5.38 Å². The summed E-state index contributed by atoms with van der Waals surface area (Å²) in [5, 5.41) is 5.26. The summed E-state index contributed by atoms with van der Waals surface area (Å²) in [4.78, 5) is 0. The van der Waals surface area contributed by atoms with Gasteiger partial charge in [-0.1, -0.05) is 33.6 Å². The number of nitrogens with zero attached hydrogens (tertiary/aromatic N) is 2. The molecule has 2 aromatic rings. The Hall–Kier alpha value is -0.510. The van der Waals surface area contributed by atoms with Gasteiger partial charge in [0.25, 0.3) is 0 Å². The van der Waals surface area contributed by atoms with E-state index >= 15 is 0 Å². The summed E-state index contributed by atoms with van der Waals surface area (Å²) in [5.74, 6) is 0. The number of rotatable bonds is 3. The van der Waals surface area contributed by atoms with Crippen LogP contribution in [0.15, 0.2) is 22.7 Å². The predicted molar refractivity (Wildman–Crippen MR) is 84.2 cm³/mol. The third-order valence-electron chi connectivity index (χ3n) is 3.17. The van der Waals surface area contributed by atoms with Crippen molar-refractivity contribution < 1.29 is 0 Å². The molecule has 19 heavy (non-hydrogen) atoms. The van der Waals surface area contributed by atoms with E-state index in [4.69, 9.17) is 23.2 Å². The Labute approximate surface area is 131 Å². The smallest absolute Gasteiger partial charge is 0.0677 e. The number of halogens is 3. The fraction of sp³-hybridized carbons (Fsp3) is 0.357. The van der Waals surface area contributed by atoms with Crippen LogP contribution in [0, 0.1) is 13.8 Å². The lowest BCUT2D eigenvalue weighted by Crippen LogP contribution is -2.05. The summed E-state index contributed by atoms with van der Waals surface area (Å²) in [7, 11) is 0. The van der Waals surface area contributed by atoms with Crippen LogP contribution in [0.4, 0.5) is 0 Å². The van der Waals surface area contributed by atoms with E-state index < -0.39 is 0 Å². The summed E-state index contributed by atoms with van der Waals surface area (Å²) >= 11 is 15.8. The Morgan fingerprint density at radius 2 is 2.05 bits per heavy atom. The minimum atomic E-state index is -0.0332. The lowest BCUT2D eigenvalue weighted by Gasteiger charge is -2.08. The van der Waals surface area contributed by atoms with Crippen molar-refractivity contribution in [2.75, 3.05) is 0 Å². The fourth-order valence-electron chi connectivity index (χ4n) is 2.25. The van der Waals surface area contributed by atoms with Gasteiger partial charge in [0.05, 0.1) is 17.6 Å². The van der Waals surface area contributed by atoms with Gasteiger partial charge in [0, 0.05) is 20.8 Å². The number of aryl methyl sites for hydroxylation is 1. The van der Waals surface area contributed by atoms with Crippen LogP contribution in [-0.2, 0) is 6.54 Å². The van der Waals surface area contributed by atoms with Crippen molar-refractivity contribution in [2.24, 2.45) is 0 Å². The highest BCUT2D eigenvalue weighted by Gasteiger charge is 2.16. The summed E-state index contributed by atoms with van der Waals surface area (Å²) in [6.45, 7) is 6.65. The standard InChI is InChI=1S/C14H15BrCl2N2/c1-8(16)14-9(2)18-19(10(14)3)7-11-4-5-12(15)6-13(11)17/h4-6,8H,7H2,1-3H3. The summed E-state index contributed by atoms with van der Waals surface area (Å²) < 4.78 is 2.93. The van der Waals surface area contributed by atoms with Gasteiger partial charge in [0.15, 0.2) is 0 Å². The van der Waals surface area contributed by atoms with Crippen molar-refractivity contribution in [3.05, 3.63) is 50.2 Å². The molecule has 0 spiro atoms. The second kappa shape index (κ2) is 5.86. The van der Waals surface area contributed by atoms with E-state index in [2.05, 4.69) is 21.0 Å². The van der Waals surface area contributed by atoms with Gasteiger partial charge >= 0.3 is 0 Å². The van der Waals surface area contributed by atoms with Crippen molar-refractivity contribution >= 4 is 39.1 Å². The molecule has 5 heteroatoms. The largest absolute Gasteiger partial charge is 0.265 e. The first kappa shape index (κ1) is 14.9. The first-order valence-electron chi connectivity index (χ1n) is 6.02. The van der Waals surface area contributed by atoms with Crippen molar-refractivity contribution in [1.29, 1.82) is 0 Å². The van der Waals surface area contributed by atoms with Crippen LogP contribution in [0.1, 0.15) is 34.8 Å². The van der Waals surface area contributed by atoms with Crippen LogP contribution >= 0.6 is 39.1 Å². The normalized spacial score (nSPS) is 12.7. The maximum atomic E-state index is 6.24. The molecule has 0 fully saturated rings. The molecule has 0 aliphatic rings. The van der Waals surface area contributed by atoms with Crippen LogP contribution in [0.3, 0.4) is 0 Å². The molecular formula is C14H15BrCl2N2. The first-order valence-corrected chi connectivity index (χ1v) is 7.62. The van der Waals surface area contributed by atoms with Crippen LogP contribution in [0.5, 0.6) is 0 Å². The molecule has 0 aliphatic carbocycles. The van der Waals surface area contributed by atoms with E-state index in [0.29, 0.717) is 6.54 Å². The molecule has 0 saturated heterocycles. The number of aromatic nitrogens is 2. The van der Waals surface area contributed by atoms with Crippen molar-refractivity contribution in [1.82, 2.24) is 9.78 Å². The van der Waals surface area contributed by atoms with E-state index in [9.17, 15) is 0 Å². The van der Waals surface area contributed by atoms with Gasteiger partial charge in [-0.3, -0.25) is 4.68 Å². The van der Waals surface area contributed by atoms with Gasteiger partial charge in [-0.2, -0.15) is 5.10 Å². The number of hydrogen-bond donors (Lipinski definition) is 0. The molecule has 0 bridgehead atoms. The minimum Gasteiger partial charge on any atom is -0.265 e. The Balaban J connectivity index is 2.36. The van der Waals surface area contributed by atoms with Gasteiger partial charge in [-0.05, 0) is 38.5 Å². The third-order valence-corrected chi connectivity index (χ3v) is 4.23. The van der Waals surface area contributed by atoms with Crippen molar-refractivity contribution in [3.63, 3.8) is 0 Å². The van der Waals surface area contributed by atoms with Crippen LogP contribution in [-0.4, -0.2) is 9.78 Å². The summed E-state index contributed by atoms with van der Waals surface area (Å²) in [6.07, 6.45) is 0. The molecular weight excluding hydrogens is 347 g/mol. The van der Waals surface area contributed by atoms with Crippen LogP contribution in [0.25, 0.3) is 0 Å². The van der Waals surface area contributed by atoms with Gasteiger partial charge in [0.1, 0.15) is 0 Å². The maximum absolute atomic E-state index is 6.24. The molecule has 0 radical (unpaired) electrons. The quantitative estimate of drug-likeness (QED) is 0.681. The average molecular weight is 362 g/mol. The Kier molecular flexibility index (Phi) is 4.59. The monoisotopic (exact) mass is 360 g/mol. The molecule has 1 atom stereocenters. The second-order valence-electron chi connectivity index (χ2n) is 4.59. The lowest BCUT2D eigenvalue weighted by atomic mass is 10.1. The number of alkyl halides is 1. The molecule has 1 aromatic heterocycles. The molecule has 0 aliphatic heterocycles. The molecule has 1 unspecified atom stereocenters. The molecule has 2 nitrogen and oxygen atoms in total. The second-order valence-corrected chi connectivity index (χ2v) is 6.57. The molecule has 1 heterocycles. The maximum Gasteiger partial charge on any atom is 0.0677 e. The molecule has 102 valence electrons. The summed E-state index contributed by atoms with van der Waals surface area (Å²) in [6, 6.07) is 5.89. The topological polar surface area (TPSA) is 17.8 Å². The van der Waals surface area contributed by atoms with E-state index in [1.54, 1.807) is 0 Å². The first-order chi connectivity index (χ1) is 8.90. The molecule has 0 saturated carbocycles. The van der Waals surface area contributed by atoms with Crippen molar-refractivity contribution in [3.8, 4) is 0 Å². The molecule has 1 aromatic carbocycles. The zero-order valence-corrected chi connectivity index (χ0v) is 14.1. The Bertz CT molecular complexity index is 606. The minimum absolute atomic E-state index is 0.0332. The number of hydrogen-bond acceptors (Lipinski definition) is 1. The summed E-state index contributed by atoms with van der Waals surface area (Å²) in [5.41, 5.74) is 4.23. The zero-order valence-electron chi connectivity index (χ0n) is 11.0. The highest BCUT2D eigenvalue weighted by molar-refractivity contribution is 9.10. The lowest BCUT2D eigenvalue weighted by molar-refractivity contribution is 0.658. The van der Waals surface area contributed by atoms with Crippen LogP contribution in [0.2, 0.25) is 5.02 Å². The molecule has 0 amide bonds. The number of benzene rings is 1. The third kappa shape index (κ3) is 3.15. The fourth-order valence-corrected chi connectivity index (χ4v) is 3.30.